The number of methoxy groups -OCH3 is 1. The van der Waals surface area contributed by atoms with Crippen molar-refractivity contribution in [2.75, 3.05) is 12.4 Å². The number of aromatic nitrogens is 1. The van der Waals surface area contributed by atoms with Gasteiger partial charge in [0.1, 0.15) is 5.75 Å². The van der Waals surface area contributed by atoms with Crippen LogP contribution in [0.25, 0.3) is 0 Å². The van der Waals surface area contributed by atoms with Gasteiger partial charge in [-0.15, -0.1) is 11.3 Å². The molecular weight excluding hydrogens is 328 g/mol. The van der Waals surface area contributed by atoms with E-state index in [1.807, 2.05) is 5.38 Å². The number of nitrogens with one attached hydrogen (secondary N) is 1. The van der Waals surface area contributed by atoms with Gasteiger partial charge in [-0.25, -0.2) is 9.78 Å². The lowest BCUT2D eigenvalue weighted by atomic mass is 9.98. The van der Waals surface area contributed by atoms with Crippen LogP contribution in [0, 0.1) is 0 Å². The Bertz CT molecular complexity index is 762. The lowest BCUT2D eigenvalue weighted by Crippen LogP contribution is -2.16. The van der Waals surface area contributed by atoms with Crippen LogP contribution in [0.5, 0.6) is 5.75 Å². The molecule has 0 aliphatic heterocycles. The minimum Gasteiger partial charge on any atom is -0.495 e. The molecule has 2 rings (SSSR count). The van der Waals surface area contributed by atoms with Gasteiger partial charge >= 0.3 is 5.97 Å². The lowest BCUT2D eigenvalue weighted by molar-refractivity contribution is -0.115. The highest BCUT2D eigenvalue weighted by Crippen LogP contribution is 2.27. The highest BCUT2D eigenvalue weighted by Gasteiger charge is 2.19. The number of ether oxygens (including phenoxy) is 1. The standard InChI is InChI=1S/C17H20N2O4S/c1-17(2,3)16-18-11(9-24-16)8-14(20)19-12-6-5-10(15(21)22)7-13(12)23-4/h5-7,9H,8H2,1-4H3,(H,19,20)(H,21,22). The Morgan fingerprint density at radius 2 is 2.04 bits per heavy atom. The van der Waals surface area contributed by atoms with Crippen LogP contribution in [0.3, 0.4) is 0 Å². The summed E-state index contributed by atoms with van der Waals surface area (Å²) in [5, 5.41) is 14.6. The molecule has 1 heterocycles. The molecular formula is C17H20N2O4S. The molecule has 0 bridgehead atoms. The van der Waals surface area contributed by atoms with Gasteiger partial charge in [0.25, 0.3) is 0 Å². The molecule has 0 radical (unpaired) electrons. The molecule has 0 fully saturated rings. The largest absolute Gasteiger partial charge is 0.495 e. The van der Waals surface area contributed by atoms with Crippen LogP contribution >= 0.6 is 11.3 Å². The van der Waals surface area contributed by atoms with E-state index in [9.17, 15) is 9.59 Å². The second-order valence-corrected chi connectivity index (χ2v) is 7.20. The van der Waals surface area contributed by atoms with Crippen molar-refractivity contribution in [1.29, 1.82) is 0 Å². The molecule has 1 aromatic carbocycles. The van der Waals surface area contributed by atoms with E-state index in [0.29, 0.717) is 17.1 Å². The van der Waals surface area contributed by atoms with Crippen molar-refractivity contribution in [3.05, 3.63) is 39.8 Å². The summed E-state index contributed by atoms with van der Waals surface area (Å²) in [6, 6.07) is 4.31. The van der Waals surface area contributed by atoms with Gasteiger partial charge in [0.15, 0.2) is 0 Å². The summed E-state index contributed by atoms with van der Waals surface area (Å²) in [6.07, 6.45) is 0.149. The van der Waals surface area contributed by atoms with Gasteiger partial charge in [-0.1, -0.05) is 20.8 Å². The Kier molecular flexibility index (Phi) is 5.23. The van der Waals surface area contributed by atoms with Gasteiger partial charge < -0.3 is 15.2 Å². The Morgan fingerprint density at radius 1 is 1.33 bits per heavy atom. The number of nitrogens with zero attached hydrogens (tertiary/aromatic N) is 1. The van der Waals surface area contributed by atoms with E-state index >= 15 is 0 Å². The fourth-order valence-electron chi connectivity index (χ4n) is 2.02. The number of thiazole rings is 1. The smallest absolute Gasteiger partial charge is 0.335 e. The van der Waals surface area contributed by atoms with Crippen LogP contribution in [-0.4, -0.2) is 29.1 Å². The average molecular weight is 348 g/mol. The highest BCUT2D eigenvalue weighted by molar-refractivity contribution is 7.09. The monoisotopic (exact) mass is 348 g/mol. The molecule has 0 saturated heterocycles. The summed E-state index contributed by atoms with van der Waals surface area (Å²) >= 11 is 1.54. The molecule has 6 nitrogen and oxygen atoms in total. The molecule has 0 aliphatic rings. The fraction of sp³-hybridized carbons (Fsp3) is 0.353. The van der Waals surface area contributed by atoms with Gasteiger partial charge in [0.05, 0.1) is 35.5 Å². The van der Waals surface area contributed by atoms with E-state index in [-0.39, 0.29) is 23.3 Å². The Hall–Kier alpha value is -2.41. The minimum absolute atomic E-state index is 0.0464. The van der Waals surface area contributed by atoms with E-state index in [2.05, 4.69) is 31.1 Å². The molecule has 0 spiro atoms. The Labute approximate surface area is 144 Å². The second kappa shape index (κ2) is 7.00. The summed E-state index contributed by atoms with van der Waals surface area (Å²) in [7, 11) is 1.42. The van der Waals surface area contributed by atoms with Gasteiger partial charge in [0, 0.05) is 10.8 Å². The normalized spacial score (nSPS) is 11.2. The highest BCUT2D eigenvalue weighted by atomic mass is 32.1. The molecule has 7 heteroatoms. The SMILES string of the molecule is COc1cc(C(=O)O)ccc1NC(=O)Cc1csc(C(C)(C)C)n1. The number of carboxylic acid groups (broad SMARTS) is 1. The molecule has 2 N–H and O–H groups in total. The molecule has 1 amide bonds. The van der Waals surface area contributed by atoms with E-state index in [1.165, 1.54) is 36.6 Å². The molecule has 0 saturated carbocycles. The van der Waals surface area contributed by atoms with Gasteiger partial charge in [-0.2, -0.15) is 0 Å². The van der Waals surface area contributed by atoms with Gasteiger partial charge in [0.2, 0.25) is 5.91 Å². The number of carbonyl (C=O) groups excluding carboxylic acids is 1. The van der Waals surface area contributed by atoms with Gasteiger partial charge in [-0.05, 0) is 18.2 Å². The lowest BCUT2D eigenvalue weighted by Gasteiger charge is -2.13. The Balaban J connectivity index is 2.10. The van der Waals surface area contributed by atoms with Crippen molar-refractivity contribution in [3.63, 3.8) is 0 Å². The van der Waals surface area contributed by atoms with Crippen molar-refractivity contribution in [2.24, 2.45) is 0 Å². The number of amides is 1. The van der Waals surface area contributed by atoms with E-state index in [4.69, 9.17) is 9.84 Å². The zero-order chi connectivity index (χ0) is 17.9. The fourth-order valence-corrected chi connectivity index (χ4v) is 2.93. The van der Waals surface area contributed by atoms with Crippen LogP contribution in [0.4, 0.5) is 5.69 Å². The predicted octanol–water partition coefficient (Wildman–Crippen LogP) is 3.33. The first kappa shape index (κ1) is 17.9. The summed E-state index contributed by atoms with van der Waals surface area (Å²) in [5.41, 5.74) is 1.19. The minimum atomic E-state index is -1.05. The molecule has 1 aromatic heterocycles. The van der Waals surface area contributed by atoms with Crippen molar-refractivity contribution in [1.82, 2.24) is 4.98 Å². The summed E-state index contributed by atoms with van der Waals surface area (Å²) in [5.74, 6) is -0.984. The third-order valence-corrected chi connectivity index (χ3v) is 4.57. The van der Waals surface area contributed by atoms with Gasteiger partial charge in [-0.3, -0.25) is 4.79 Å². The first-order chi connectivity index (χ1) is 11.2. The molecule has 0 unspecified atom stereocenters. The van der Waals surface area contributed by atoms with Crippen molar-refractivity contribution in [2.45, 2.75) is 32.6 Å². The van der Waals surface area contributed by atoms with Crippen molar-refractivity contribution in [3.8, 4) is 5.75 Å². The van der Waals surface area contributed by atoms with Crippen LogP contribution in [-0.2, 0) is 16.6 Å². The summed E-state index contributed by atoms with van der Waals surface area (Å²) in [6.45, 7) is 6.22. The van der Waals surface area contributed by atoms with Crippen molar-refractivity contribution >= 4 is 28.9 Å². The average Bonchev–Trinajstić information content (AvgIpc) is 2.95. The third-order valence-electron chi connectivity index (χ3n) is 3.26. The maximum absolute atomic E-state index is 12.2. The maximum Gasteiger partial charge on any atom is 0.335 e. The number of rotatable bonds is 5. The first-order valence-electron chi connectivity index (χ1n) is 7.37. The van der Waals surface area contributed by atoms with Crippen LogP contribution in [0.15, 0.2) is 23.6 Å². The zero-order valence-electron chi connectivity index (χ0n) is 14.0. The summed E-state index contributed by atoms with van der Waals surface area (Å²) in [4.78, 5) is 27.7. The van der Waals surface area contributed by atoms with E-state index in [0.717, 1.165) is 5.01 Å². The Morgan fingerprint density at radius 3 is 2.58 bits per heavy atom. The topological polar surface area (TPSA) is 88.5 Å². The quantitative estimate of drug-likeness (QED) is 0.865. The number of aromatic carboxylic acids is 1. The zero-order valence-corrected chi connectivity index (χ0v) is 14.9. The predicted molar refractivity (Wildman–Crippen MR) is 93.1 cm³/mol. The molecule has 0 aliphatic carbocycles. The molecule has 0 atom stereocenters. The number of carbonyl (C=O) groups is 2. The van der Waals surface area contributed by atoms with Crippen LogP contribution in [0.1, 0.15) is 41.8 Å². The van der Waals surface area contributed by atoms with Crippen LogP contribution in [0.2, 0.25) is 0 Å². The van der Waals surface area contributed by atoms with Crippen LogP contribution < -0.4 is 10.1 Å². The number of hydrogen-bond acceptors (Lipinski definition) is 5. The van der Waals surface area contributed by atoms with E-state index in [1.54, 1.807) is 0 Å². The van der Waals surface area contributed by atoms with Crippen molar-refractivity contribution < 1.29 is 19.4 Å². The molecule has 128 valence electrons. The number of anilines is 1. The first-order valence-corrected chi connectivity index (χ1v) is 8.24. The molecule has 2 aromatic rings. The number of carboxylic acids is 1. The maximum atomic E-state index is 12.2. The van der Waals surface area contributed by atoms with E-state index < -0.39 is 5.97 Å². The number of benzene rings is 1. The molecule has 24 heavy (non-hydrogen) atoms. The number of hydrogen-bond donors (Lipinski definition) is 2. The third kappa shape index (κ3) is 4.32. The second-order valence-electron chi connectivity index (χ2n) is 6.34. The summed E-state index contributed by atoms with van der Waals surface area (Å²) < 4.78 is 5.14.